The first-order valence-corrected chi connectivity index (χ1v) is 12.3. The van der Waals surface area contributed by atoms with Gasteiger partial charge in [0, 0.05) is 18.5 Å². The molecule has 8 nitrogen and oxygen atoms in total. The average Bonchev–Trinajstić information content (AvgIpc) is 3.51. The maximum atomic E-state index is 13.3. The van der Waals surface area contributed by atoms with Crippen molar-refractivity contribution in [2.75, 3.05) is 26.3 Å². The van der Waals surface area contributed by atoms with Crippen molar-refractivity contribution in [1.82, 2.24) is 14.9 Å². The van der Waals surface area contributed by atoms with E-state index in [1.165, 1.54) is 16.6 Å². The number of carbonyl (C=O) groups excluding carboxylic acids is 1. The monoisotopic (exact) mass is 473 g/mol. The third-order valence-electron chi connectivity index (χ3n) is 5.57. The van der Waals surface area contributed by atoms with Gasteiger partial charge in [-0.15, -0.1) is 11.3 Å². The fourth-order valence-electron chi connectivity index (χ4n) is 3.98. The van der Waals surface area contributed by atoms with Crippen molar-refractivity contribution in [1.29, 1.82) is 0 Å². The lowest BCUT2D eigenvalue weighted by atomic mass is 10.2. The Morgan fingerprint density at radius 1 is 1.31 bits per heavy atom. The predicted molar refractivity (Wildman–Crippen MR) is 123 cm³/mol. The van der Waals surface area contributed by atoms with Crippen molar-refractivity contribution in [3.63, 3.8) is 0 Å². The summed E-state index contributed by atoms with van der Waals surface area (Å²) in [5, 5.41) is 4.21. The van der Waals surface area contributed by atoms with Gasteiger partial charge in [-0.25, -0.2) is 4.98 Å². The quantitative estimate of drug-likeness (QED) is 0.397. The minimum Gasteiger partial charge on any atom is -0.454 e. The summed E-state index contributed by atoms with van der Waals surface area (Å²) in [6, 6.07) is 5.60. The number of fused-ring (bicyclic) bond motifs is 4. The van der Waals surface area contributed by atoms with Gasteiger partial charge in [0.05, 0.1) is 24.3 Å². The van der Waals surface area contributed by atoms with Gasteiger partial charge in [-0.1, -0.05) is 17.8 Å². The topological polar surface area (TPSA) is 91.7 Å². The summed E-state index contributed by atoms with van der Waals surface area (Å²) >= 11 is 2.88. The summed E-state index contributed by atoms with van der Waals surface area (Å²) in [6.45, 7) is 1.42. The number of carbonyl (C=O) groups is 1. The highest BCUT2D eigenvalue weighted by Crippen LogP contribution is 2.35. The molecule has 0 radical (unpaired) electrons. The smallest absolute Gasteiger partial charge is 0.263 e. The molecule has 0 saturated heterocycles. The van der Waals surface area contributed by atoms with Gasteiger partial charge in [-0.2, -0.15) is 0 Å². The van der Waals surface area contributed by atoms with E-state index in [0.717, 1.165) is 40.6 Å². The van der Waals surface area contributed by atoms with Gasteiger partial charge in [0.2, 0.25) is 12.7 Å². The molecule has 0 unspecified atom stereocenters. The molecule has 5 rings (SSSR count). The third kappa shape index (κ3) is 4.10. The van der Waals surface area contributed by atoms with Crippen LogP contribution < -0.4 is 20.3 Å². The Hall–Kier alpha value is -2.56. The van der Waals surface area contributed by atoms with Crippen molar-refractivity contribution in [2.24, 2.45) is 0 Å². The highest BCUT2D eigenvalue weighted by molar-refractivity contribution is 7.99. The number of aromatic nitrogens is 2. The van der Waals surface area contributed by atoms with E-state index < -0.39 is 0 Å². The number of rotatable bonds is 8. The molecule has 2 aromatic heterocycles. The van der Waals surface area contributed by atoms with Crippen LogP contribution >= 0.6 is 23.1 Å². The maximum Gasteiger partial charge on any atom is 0.263 e. The zero-order valence-electron chi connectivity index (χ0n) is 17.6. The number of aryl methyl sites for hydroxylation is 2. The van der Waals surface area contributed by atoms with Crippen LogP contribution in [0.15, 0.2) is 28.2 Å². The Morgan fingerprint density at radius 2 is 2.19 bits per heavy atom. The number of thiophene rings is 1. The van der Waals surface area contributed by atoms with Gasteiger partial charge < -0.3 is 19.5 Å². The van der Waals surface area contributed by atoms with E-state index in [1.54, 1.807) is 23.0 Å². The van der Waals surface area contributed by atoms with Crippen LogP contribution in [0.5, 0.6) is 11.5 Å². The zero-order chi connectivity index (χ0) is 22.1. The number of methoxy groups -OCH3 is 1. The second kappa shape index (κ2) is 9.13. The second-order valence-electron chi connectivity index (χ2n) is 7.63. The molecule has 1 aliphatic carbocycles. The Kier molecular flexibility index (Phi) is 6.07. The molecule has 0 atom stereocenters. The zero-order valence-corrected chi connectivity index (χ0v) is 19.3. The maximum absolute atomic E-state index is 13.3. The molecule has 3 heterocycles. The standard InChI is InChI=1S/C22H23N3O5S2/c1-28-8-7-25-21(27)19-14-3-2-4-17(14)32-20(19)24-22(25)31-11-18(26)23-10-13-5-6-15-16(9-13)30-12-29-15/h5-6,9H,2-4,7-8,10-12H2,1H3,(H,23,26). The number of benzene rings is 1. The summed E-state index contributed by atoms with van der Waals surface area (Å²) in [6.07, 6.45) is 3.04. The van der Waals surface area contributed by atoms with Crippen LogP contribution in [0.2, 0.25) is 0 Å². The normalized spacial score (nSPS) is 14.2. The number of amides is 1. The van der Waals surface area contributed by atoms with Crippen LogP contribution in [0, 0.1) is 0 Å². The lowest BCUT2D eigenvalue weighted by Gasteiger charge is -2.12. The lowest BCUT2D eigenvalue weighted by molar-refractivity contribution is -0.118. The van der Waals surface area contributed by atoms with Crippen LogP contribution in [0.3, 0.4) is 0 Å². The van der Waals surface area contributed by atoms with Gasteiger partial charge in [0.15, 0.2) is 16.7 Å². The lowest BCUT2D eigenvalue weighted by Crippen LogP contribution is -2.27. The van der Waals surface area contributed by atoms with E-state index in [4.69, 9.17) is 19.2 Å². The summed E-state index contributed by atoms with van der Waals surface area (Å²) in [5.41, 5.74) is 2.05. The summed E-state index contributed by atoms with van der Waals surface area (Å²) in [7, 11) is 1.61. The molecule has 10 heteroatoms. The van der Waals surface area contributed by atoms with E-state index in [9.17, 15) is 9.59 Å². The Morgan fingerprint density at radius 3 is 3.06 bits per heavy atom. The van der Waals surface area contributed by atoms with E-state index in [0.29, 0.717) is 36.4 Å². The second-order valence-corrected chi connectivity index (χ2v) is 9.66. The van der Waals surface area contributed by atoms with Crippen molar-refractivity contribution >= 4 is 39.2 Å². The molecule has 1 aromatic carbocycles. The molecule has 2 aliphatic rings. The van der Waals surface area contributed by atoms with Gasteiger partial charge in [0.25, 0.3) is 5.56 Å². The van der Waals surface area contributed by atoms with Gasteiger partial charge in [0.1, 0.15) is 4.83 Å². The molecule has 3 aromatic rings. The third-order valence-corrected chi connectivity index (χ3v) is 7.73. The fourth-order valence-corrected chi connectivity index (χ4v) is 6.14. The van der Waals surface area contributed by atoms with Crippen LogP contribution in [0.1, 0.15) is 22.4 Å². The van der Waals surface area contributed by atoms with Crippen molar-refractivity contribution in [3.8, 4) is 11.5 Å². The molecule has 1 amide bonds. The minimum absolute atomic E-state index is 0.0327. The van der Waals surface area contributed by atoms with Crippen molar-refractivity contribution in [3.05, 3.63) is 44.6 Å². The van der Waals surface area contributed by atoms with Gasteiger partial charge in [-0.05, 0) is 42.5 Å². The van der Waals surface area contributed by atoms with E-state index in [-0.39, 0.29) is 24.0 Å². The number of hydrogen-bond donors (Lipinski definition) is 1. The number of ether oxygens (including phenoxy) is 3. The molecule has 0 bridgehead atoms. The highest BCUT2D eigenvalue weighted by Gasteiger charge is 2.23. The van der Waals surface area contributed by atoms with E-state index in [1.807, 2.05) is 18.2 Å². The molecule has 1 N–H and O–H groups in total. The molecule has 0 spiro atoms. The van der Waals surface area contributed by atoms with Crippen LogP contribution in [0.4, 0.5) is 0 Å². The summed E-state index contributed by atoms with van der Waals surface area (Å²) in [5.74, 6) is 1.44. The first-order chi connectivity index (χ1) is 15.6. The van der Waals surface area contributed by atoms with Gasteiger partial charge >= 0.3 is 0 Å². The SMILES string of the molecule is COCCn1c(SCC(=O)NCc2ccc3c(c2)OCO3)nc2sc3c(c2c1=O)CCC3. The van der Waals surface area contributed by atoms with Crippen molar-refractivity contribution in [2.45, 2.75) is 37.5 Å². The number of nitrogens with zero attached hydrogens (tertiary/aromatic N) is 2. The molecular weight excluding hydrogens is 450 g/mol. The fraction of sp³-hybridized carbons (Fsp3) is 0.409. The Labute approximate surface area is 192 Å². The predicted octanol–water partition coefficient (Wildman–Crippen LogP) is 2.73. The minimum atomic E-state index is -0.131. The average molecular weight is 474 g/mol. The first kappa shape index (κ1) is 21.3. The van der Waals surface area contributed by atoms with E-state index in [2.05, 4.69) is 5.32 Å². The van der Waals surface area contributed by atoms with Crippen LogP contribution in [-0.4, -0.2) is 41.7 Å². The summed E-state index contributed by atoms with van der Waals surface area (Å²) < 4.78 is 17.5. The summed E-state index contributed by atoms with van der Waals surface area (Å²) in [4.78, 5) is 32.6. The number of thioether (sulfide) groups is 1. The molecule has 0 fully saturated rings. The highest BCUT2D eigenvalue weighted by atomic mass is 32.2. The molecule has 32 heavy (non-hydrogen) atoms. The largest absolute Gasteiger partial charge is 0.454 e. The molecule has 0 saturated carbocycles. The molecule has 168 valence electrons. The number of nitrogens with one attached hydrogen (secondary N) is 1. The Balaban J connectivity index is 1.29. The molecule has 1 aliphatic heterocycles. The van der Waals surface area contributed by atoms with Crippen molar-refractivity contribution < 1.29 is 19.0 Å². The first-order valence-electron chi connectivity index (χ1n) is 10.5. The van der Waals surface area contributed by atoms with Gasteiger partial charge in [-0.3, -0.25) is 14.2 Å². The Bertz CT molecular complexity index is 1240. The molecular formula is C22H23N3O5S2. The number of hydrogen-bond acceptors (Lipinski definition) is 8. The van der Waals surface area contributed by atoms with Crippen LogP contribution in [-0.2, 0) is 35.5 Å². The van der Waals surface area contributed by atoms with E-state index >= 15 is 0 Å². The van der Waals surface area contributed by atoms with Crippen LogP contribution in [0.25, 0.3) is 10.2 Å².